The van der Waals surface area contributed by atoms with Gasteiger partial charge in [0.1, 0.15) is 5.56 Å². The van der Waals surface area contributed by atoms with Gasteiger partial charge in [0.25, 0.3) is 5.56 Å². The van der Waals surface area contributed by atoms with Gasteiger partial charge in [0.05, 0.1) is 0 Å². The molecule has 27 heavy (non-hydrogen) atoms. The third-order valence-electron chi connectivity index (χ3n) is 5.17. The maximum atomic E-state index is 12.3. The number of aromatic hydroxyl groups is 1. The summed E-state index contributed by atoms with van der Waals surface area (Å²) in [6.45, 7) is 4.37. The van der Waals surface area contributed by atoms with E-state index in [-0.39, 0.29) is 27.2 Å². The number of likely N-dealkylation sites (N-methyl/N-ethyl adjacent to an activating group) is 1. The van der Waals surface area contributed by atoms with E-state index in [1.165, 1.54) is 26.5 Å². The Hall–Kier alpha value is -2.82. The normalized spacial score (nSPS) is 16.2. The number of fused-ring (bicyclic) bond motifs is 1. The van der Waals surface area contributed by atoms with Gasteiger partial charge in [-0.25, -0.2) is 0 Å². The van der Waals surface area contributed by atoms with E-state index in [0.717, 1.165) is 5.70 Å². The Kier molecular flexibility index (Phi) is 4.72. The van der Waals surface area contributed by atoms with Gasteiger partial charge in [-0.05, 0) is 42.1 Å². The molecule has 1 aromatic carbocycles. The molecule has 1 aliphatic heterocycles. The number of hydrogen-bond donors (Lipinski definition) is 1. The van der Waals surface area contributed by atoms with Crippen molar-refractivity contribution in [2.45, 2.75) is 19.3 Å². The first-order chi connectivity index (χ1) is 12.7. The summed E-state index contributed by atoms with van der Waals surface area (Å²) in [7, 11) is 5.24. The van der Waals surface area contributed by atoms with Crippen LogP contribution in [0.25, 0.3) is 6.08 Å². The van der Waals surface area contributed by atoms with Crippen LogP contribution in [0.2, 0.25) is 0 Å². The number of nitrogens with zero attached hydrogens (tertiary/aromatic N) is 3. The molecule has 1 aromatic heterocycles. The van der Waals surface area contributed by atoms with Gasteiger partial charge in [-0.15, -0.1) is 5.73 Å². The summed E-state index contributed by atoms with van der Waals surface area (Å²) in [6, 6.07) is 8.33. The number of para-hydroxylation sites is 1. The average Bonchev–Trinajstić information content (AvgIpc) is 2.84. The van der Waals surface area contributed by atoms with Crippen LogP contribution in [0.4, 0.5) is 5.69 Å². The fraction of sp³-hybridized carbons (Fsp3) is 0.286. The lowest BCUT2D eigenvalue weighted by Gasteiger charge is -2.23. The van der Waals surface area contributed by atoms with Gasteiger partial charge < -0.3 is 10.0 Å². The number of hydrogen-bond acceptors (Lipinski definition) is 4. The second-order valence-corrected chi connectivity index (χ2v) is 7.54. The highest BCUT2D eigenvalue weighted by Gasteiger charge is 2.37. The fourth-order valence-electron chi connectivity index (χ4n) is 3.55. The molecule has 0 atom stereocenters. The van der Waals surface area contributed by atoms with Crippen molar-refractivity contribution >= 4 is 24.0 Å². The minimum absolute atomic E-state index is 0.127. The highest BCUT2D eigenvalue weighted by molar-refractivity contribution is 7.71. The first-order valence-corrected chi connectivity index (χ1v) is 9.04. The summed E-state index contributed by atoms with van der Waals surface area (Å²) < 4.78 is 2.98. The molecule has 0 radical (unpaired) electrons. The fourth-order valence-corrected chi connectivity index (χ4v) is 3.72. The van der Waals surface area contributed by atoms with Crippen LogP contribution in [0, 0.1) is 4.77 Å². The van der Waals surface area contributed by atoms with Crippen molar-refractivity contribution < 1.29 is 5.11 Å². The third-order valence-corrected chi connectivity index (χ3v) is 5.72. The zero-order chi connectivity index (χ0) is 19.9. The van der Waals surface area contributed by atoms with Crippen LogP contribution >= 0.6 is 12.2 Å². The molecule has 3 rings (SSSR count). The zero-order valence-corrected chi connectivity index (χ0v) is 17.0. The highest BCUT2D eigenvalue weighted by Crippen LogP contribution is 2.46. The maximum Gasteiger partial charge on any atom is 0.265 e. The molecule has 0 unspecified atom stereocenters. The van der Waals surface area contributed by atoms with Crippen molar-refractivity contribution in [3.8, 4) is 5.88 Å². The Bertz CT molecular complexity index is 1130. The van der Waals surface area contributed by atoms with E-state index in [2.05, 4.69) is 42.7 Å². The highest BCUT2D eigenvalue weighted by atomic mass is 32.1. The molecule has 0 saturated heterocycles. The Morgan fingerprint density at radius 3 is 2.48 bits per heavy atom. The predicted molar refractivity (Wildman–Crippen MR) is 112 cm³/mol. The van der Waals surface area contributed by atoms with Crippen molar-refractivity contribution in [1.29, 1.82) is 0 Å². The number of allylic oxidation sites excluding steroid dienone is 3. The number of benzene rings is 1. The van der Waals surface area contributed by atoms with Gasteiger partial charge in [0.15, 0.2) is 4.77 Å². The van der Waals surface area contributed by atoms with Crippen molar-refractivity contribution in [1.82, 2.24) is 9.13 Å². The van der Waals surface area contributed by atoms with Crippen molar-refractivity contribution in [2.75, 3.05) is 11.9 Å². The Labute approximate surface area is 163 Å². The Balaban J connectivity index is 2.02. The molecule has 0 aliphatic carbocycles. The van der Waals surface area contributed by atoms with Crippen LogP contribution in [0.15, 0.2) is 52.6 Å². The molecule has 0 spiro atoms. The second kappa shape index (κ2) is 6.72. The molecule has 140 valence electrons. The zero-order valence-electron chi connectivity index (χ0n) is 16.1. The summed E-state index contributed by atoms with van der Waals surface area (Å²) in [4.78, 5) is 14.5. The average molecular weight is 382 g/mol. The largest absolute Gasteiger partial charge is 0.494 e. The van der Waals surface area contributed by atoms with E-state index in [0.29, 0.717) is 0 Å². The van der Waals surface area contributed by atoms with Gasteiger partial charge in [-0.3, -0.25) is 13.9 Å². The van der Waals surface area contributed by atoms with Crippen LogP contribution < -0.4 is 10.5 Å². The molecular weight excluding hydrogens is 358 g/mol. The van der Waals surface area contributed by atoms with E-state index in [1.807, 2.05) is 19.2 Å². The van der Waals surface area contributed by atoms with E-state index in [1.54, 1.807) is 20.2 Å². The molecule has 0 amide bonds. The second-order valence-electron chi connectivity index (χ2n) is 7.17. The molecule has 2 heterocycles. The maximum absolute atomic E-state index is 12.3. The van der Waals surface area contributed by atoms with Crippen LogP contribution in [0.1, 0.15) is 25.0 Å². The predicted octanol–water partition coefficient (Wildman–Crippen LogP) is 3.64. The summed E-state index contributed by atoms with van der Waals surface area (Å²) >= 11 is 5.12. The van der Waals surface area contributed by atoms with Gasteiger partial charge in [0.2, 0.25) is 5.88 Å². The third kappa shape index (κ3) is 2.97. The van der Waals surface area contributed by atoms with E-state index in [9.17, 15) is 9.90 Å². The summed E-state index contributed by atoms with van der Waals surface area (Å²) in [5.74, 6) is -0.164. The Morgan fingerprint density at radius 2 is 1.81 bits per heavy atom. The lowest BCUT2D eigenvalue weighted by molar-refractivity contribution is 0.414. The summed E-state index contributed by atoms with van der Waals surface area (Å²) in [5, 5.41) is 10.2. The standard InChI is InChI=1S/C21H23N3O2S/c1-21(2)15-11-7-8-12-16(15)22(3)17(21)13-9-6-10-14-18(25)23(4)20(27)24(5)19(14)26/h7-13,25H,1-5H3. The molecule has 6 heteroatoms. The Morgan fingerprint density at radius 1 is 1.15 bits per heavy atom. The number of rotatable bonds is 2. The lowest BCUT2D eigenvalue weighted by atomic mass is 9.84. The van der Waals surface area contributed by atoms with Crippen LogP contribution in [0.3, 0.4) is 0 Å². The molecule has 0 bridgehead atoms. The molecule has 2 aromatic rings. The minimum atomic E-state index is -0.352. The van der Waals surface area contributed by atoms with E-state index in [4.69, 9.17) is 12.2 Å². The van der Waals surface area contributed by atoms with Crippen LogP contribution in [-0.2, 0) is 19.5 Å². The quantitative estimate of drug-likeness (QED) is 0.637. The summed E-state index contributed by atoms with van der Waals surface area (Å²) in [5.41, 5.74) is 6.27. The van der Waals surface area contributed by atoms with Crippen molar-refractivity contribution in [3.63, 3.8) is 0 Å². The minimum Gasteiger partial charge on any atom is -0.494 e. The number of aromatic nitrogens is 2. The van der Waals surface area contributed by atoms with Crippen LogP contribution in [-0.4, -0.2) is 21.3 Å². The van der Waals surface area contributed by atoms with E-state index >= 15 is 0 Å². The molecule has 1 aliphatic rings. The number of anilines is 1. The molecule has 0 fully saturated rings. The SMILES string of the molecule is CN1C(=CC=C=Cc2c(O)n(C)c(=S)n(C)c2=O)C(C)(C)c2ccccc21. The van der Waals surface area contributed by atoms with Crippen molar-refractivity contribution in [2.24, 2.45) is 14.1 Å². The smallest absolute Gasteiger partial charge is 0.265 e. The van der Waals surface area contributed by atoms with Gasteiger partial charge >= 0.3 is 0 Å². The molecule has 1 N–H and O–H groups in total. The van der Waals surface area contributed by atoms with Crippen molar-refractivity contribution in [3.05, 3.63) is 74.1 Å². The molecule has 5 nitrogen and oxygen atoms in total. The van der Waals surface area contributed by atoms with Gasteiger partial charge in [-0.2, -0.15) is 0 Å². The van der Waals surface area contributed by atoms with E-state index < -0.39 is 0 Å². The van der Waals surface area contributed by atoms with Crippen LogP contribution in [0.5, 0.6) is 5.88 Å². The first kappa shape index (κ1) is 19.0. The topological polar surface area (TPSA) is 50.4 Å². The molecular formula is C21H23N3O2S. The monoisotopic (exact) mass is 381 g/mol. The van der Waals surface area contributed by atoms with Gasteiger partial charge in [-0.1, -0.05) is 32.0 Å². The molecule has 0 saturated carbocycles. The van der Waals surface area contributed by atoms with Gasteiger partial charge in [0, 0.05) is 37.9 Å². The summed E-state index contributed by atoms with van der Waals surface area (Å²) in [6.07, 6.45) is 5.23. The lowest BCUT2D eigenvalue weighted by Crippen LogP contribution is -2.23. The first-order valence-electron chi connectivity index (χ1n) is 8.63.